The Hall–Kier alpha value is -1.10. The summed E-state index contributed by atoms with van der Waals surface area (Å²) in [6.07, 6.45) is 0.487. The lowest BCUT2D eigenvalue weighted by Gasteiger charge is -2.21. The number of carbonyl (C=O) groups excluding carboxylic acids is 1. The van der Waals surface area contributed by atoms with Crippen LogP contribution in [0.25, 0.3) is 0 Å². The summed E-state index contributed by atoms with van der Waals surface area (Å²) >= 11 is 0. The van der Waals surface area contributed by atoms with Gasteiger partial charge in [0.05, 0.1) is 7.11 Å². The summed E-state index contributed by atoms with van der Waals surface area (Å²) in [5.74, 6) is -0.388. The van der Waals surface area contributed by atoms with E-state index >= 15 is 0 Å². The maximum Gasteiger partial charge on any atom is 0.325 e. The first kappa shape index (κ1) is 18.3. The fourth-order valence-electron chi connectivity index (χ4n) is 1.33. The molecule has 0 aliphatic heterocycles. The van der Waals surface area contributed by atoms with E-state index in [0.29, 0.717) is 6.42 Å². The van der Waals surface area contributed by atoms with Gasteiger partial charge >= 0.3 is 5.97 Å². The molecule has 0 saturated heterocycles. The van der Waals surface area contributed by atoms with Gasteiger partial charge < -0.3 is 15.6 Å². The van der Waals surface area contributed by atoms with Crippen molar-refractivity contribution in [2.75, 3.05) is 14.2 Å². The maximum atomic E-state index is 11.3. The Labute approximate surface area is 108 Å². The van der Waals surface area contributed by atoms with Crippen LogP contribution in [0.3, 0.4) is 0 Å². The molecule has 0 aliphatic carbocycles. The number of aliphatic hydroxyl groups excluding tert-OH is 1. The van der Waals surface area contributed by atoms with Gasteiger partial charge in [-0.25, -0.2) is 0 Å². The van der Waals surface area contributed by atoms with Gasteiger partial charge in [-0.3, -0.25) is 4.79 Å². The van der Waals surface area contributed by atoms with Gasteiger partial charge in [-0.05, 0) is 12.5 Å². The van der Waals surface area contributed by atoms with Gasteiger partial charge in [0.2, 0.25) is 0 Å². The molecule has 1 atom stereocenters. The van der Waals surface area contributed by atoms with Gasteiger partial charge in [0.25, 0.3) is 0 Å². The third kappa shape index (κ3) is 6.26. The van der Waals surface area contributed by atoms with E-state index in [-0.39, 0.29) is 18.4 Å². The molecule has 3 N–H and O–H groups in total. The second-order valence-electron chi connectivity index (χ2n) is 3.57. The van der Waals surface area contributed by atoms with Crippen molar-refractivity contribution in [3.8, 4) is 0 Å². The number of rotatable bonds is 3. The molecular formula is C12H20ClNO3. The van der Waals surface area contributed by atoms with Gasteiger partial charge in [-0.15, -0.1) is 12.4 Å². The second-order valence-corrected chi connectivity index (χ2v) is 3.57. The third-order valence-corrected chi connectivity index (χ3v) is 2.07. The van der Waals surface area contributed by atoms with Crippen molar-refractivity contribution in [1.82, 2.24) is 0 Å². The Balaban J connectivity index is 0. The Bertz CT molecular complexity index is 315. The predicted octanol–water partition coefficient (Wildman–Crippen LogP) is 1.15. The highest BCUT2D eigenvalue weighted by Crippen LogP contribution is 2.11. The minimum Gasteiger partial charge on any atom is -0.468 e. The molecule has 0 spiro atoms. The van der Waals surface area contributed by atoms with E-state index < -0.39 is 5.54 Å². The quantitative estimate of drug-likeness (QED) is 0.801. The number of ether oxygens (including phenoxy) is 1. The zero-order chi connectivity index (χ0) is 12.6. The SMILES string of the molecule is CO.COC(=O)[C@@](C)(N)Cc1ccccc1.Cl. The molecule has 1 aromatic carbocycles. The topological polar surface area (TPSA) is 72.5 Å². The van der Waals surface area contributed by atoms with Crippen molar-refractivity contribution in [2.45, 2.75) is 18.9 Å². The predicted molar refractivity (Wildman–Crippen MR) is 70.1 cm³/mol. The number of aliphatic hydroxyl groups is 1. The highest BCUT2D eigenvalue weighted by Gasteiger charge is 2.29. The second kappa shape index (κ2) is 8.98. The first-order valence-corrected chi connectivity index (χ1v) is 4.92. The van der Waals surface area contributed by atoms with E-state index in [2.05, 4.69) is 4.74 Å². The highest BCUT2D eigenvalue weighted by molar-refractivity contribution is 5.85. The van der Waals surface area contributed by atoms with Crippen LogP contribution in [0, 0.1) is 0 Å². The molecule has 0 bridgehead atoms. The maximum absolute atomic E-state index is 11.3. The van der Waals surface area contributed by atoms with Crippen LogP contribution in [-0.4, -0.2) is 30.8 Å². The number of halogens is 1. The van der Waals surface area contributed by atoms with Gasteiger partial charge in [0, 0.05) is 13.5 Å². The number of benzene rings is 1. The van der Waals surface area contributed by atoms with Crippen LogP contribution in [0.4, 0.5) is 0 Å². The number of carbonyl (C=O) groups is 1. The molecule has 0 unspecified atom stereocenters. The standard InChI is InChI=1S/C11H15NO2.CH4O.ClH/c1-11(12,10(13)14-2)8-9-6-4-3-5-7-9;1-2;/h3-7H,8,12H2,1-2H3;2H,1H3;1H/t11-;;/m0../s1. The van der Waals surface area contributed by atoms with Crippen molar-refractivity contribution in [3.05, 3.63) is 35.9 Å². The molecule has 0 aliphatic rings. The molecule has 0 amide bonds. The number of nitrogens with two attached hydrogens (primary N) is 1. The number of esters is 1. The summed E-state index contributed by atoms with van der Waals surface area (Å²) in [5, 5.41) is 7.00. The van der Waals surface area contributed by atoms with Crippen molar-refractivity contribution in [2.24, 2.45) is 5.73 Å². The van der Waals surface area contributed by atoms with Crippen molar-refractivity contribution in [1.29, 1.82) is 0 Å². The molecule has 98 valence electrons. The Kier molecular flexibility index (Phi) is 9.66. The van der Waals surface area contributed by atoms with Crippen LogP contribution in [0.15, 0.2) is 30.3 Å². The lowest BCUT2D eigenvalue weighted by atomic mass is 9.94. The molecule has 0 radical (unpaired) electrons. The van der Waals surface area contributed by atoms with Crippen LogP contribution in [0.2, 0.25) is 0 Å². The summed E-state index contributed by atoms with van der Waals surface area (Å²) in [6, 6.07) is 9.64. The van der Waals surface area contributed by atoms with Gasteiger partial charge in [-0.1, -0.05) is 30.3 Å². The fourth-order valence-corrected chi connectivity index (χ4v) is 1.33. The lowest BCUT2D eigenvalue weighted by molar-refractivity contribution is -0.146. The number of hydrogen-bond acceptors (Lipinski definition) is 4. The Morgan fingerprint density at radius 2 is 1.82 bits per heavy atom. The van der Waals surface area contributed by atoms with Crippen LogP contribution in [0.5, 0.6) is 0 Å². The van der Waals surface area contributed by atoms with Crippen LogP contribution in [-0.2, 0) is 16.0 Å². The zero-order valence-electron chi connectivity index (χ0n) is 10.3. The van der Waals surface area contributed by atoms with Crippen molar-refractivity contribution in [3.63, 3.8) is 0 Å². The minimum absolute atomic E-state index is 0. The van der Waals surface area contributed by atoms with Crippen LogP contribution >= 0.6 is 12.4 Å². The molecule has 0 aromatic heterocycles. The molecule has 1 rings (SSSR count). The van der Waals surface area contributed by atoms with E-state index in [0.717, 1.165) is 12.7 Å². The lowest BCUT2D eigenvalue weighted by Crippen LogP contribution is -2.47. The van der Waals surface area contributed by atoms with Crippen molar-refractivity contribution < 1.29 is 14.6 Å². The van der Waals surface area contributed by atoms with Crippen LogP contribution in [0.1, 0.15) is 12.5 Å². The number of methoxy groups -OCH3 is 1. The average molecular weight is 262 g/mol. The molecule has 4 nitrogen and oxygen atoms in total. The number of hydrogen-bond donors (Lipinski definition) is 2. The van der Waals surface area contributed by atoms with Gasteiger partial charge in [-0.2, -0.15) is 0 Å². The summed E-state index contributed by atoms with van der Waals surface area (Å²) < 4.78 is 4.62. The Morgan fingerprint density at radius 3 is 2.24 bits per heavy atom. The molecular weight excluding hydrogens is 242 g/mol. The van der Waals surface area contributed by atoms with E-state index in [1.807, 2.05) is 30.3 Å². The largest absolute Gasteiger partial charge is 0.468 e. The normalized spacial score (nSPS) is 12.3. The summed E-state index contributed by atoms with van der Waals surface area (Å²) in [5.41, 5.74) is 5.91. The van der Waals surface area contributed by atoms with E-state index in [4.69, 9.17) is 10.8 Å². The van der Waals surface area contributed by atoms with E-state index in [1.54, 1.807) is 6.92 Å². The minimum atomic E-state index is -0.948. The first-order chi connectivity index (χ1) is 7.56. The average Bonchev–Trinajstić information content (AvgIpc) is 2.31. The summed E-state index contributed by atoms with van der Waals surface area (Å²) in [7, 11) is 2.35. The molecule has 0 saturated carbocycles. The Morgan fingerprint density at radius 1 is 1.35 bits per heavy atom. The van der Waals surface area contributed by atoms with Crippen molar-refractivity contribution >= 4 is 18.4 Å². The van der Waals surface area contributed by atoms with Gasteiger partial charge in [0.1, 0.15) is 5.54 Å². The summed E-state index contributed by atoms with van der Waals surface area (Å²) in [4.78, 5) is 11.3. The molecule has 0 heterocycles. The molecule has 1 aromatic rings. The monoisotopic (exact) mass is 261 g/mol. The van der Waals surface area contributed by atoms with Gasteiger partial charge in [0.15, 0.2) is 0 Å². The van der Waals surface area contributed by atoms with E-state index in [1.165, 1.54) is 7.11 Å². The fraction of sp³-hybridized carbons (Fsp3) is 0.417. The molecule has 17 heavy (non-hydrogen) atoms. The zero-order valence-corrected chi connectivity index (χ0v) is 11.2. The smallest absolute Gasteiger partial charge is 0.325 e. The summed E-state index contributed by atoms with van der Waals surface area (Å²) in [6.45, 7) is 1.67. The third-order valence-electron chi connectivity index (χ3n) is 2.07. The highest BCUT2D eigenvalue weighted by atomic mass is 35.5. The van der Waals surface area contributed by atoms with E-state index in [9.17, 15) is 4.79 Å². The first-order valence-electron chi connectivity index (χ1n) is 4.92. The molecule has 0 fully saturated rings. The van der Waals surface area contributed by atoms with Crippen LogP contribution < -0.4 is 5.73 Å². The molecule has 5 heteroatoms.